The summed E-state index contributed by atoms with van der Waals surface area (Å²) in [4.78, 5) is 0. The molecule has 0 bridgehead atoms. The van der Waals surface area contributed by atoms with Crippen molar-refractivity contribution >= 4 is 15.9 Å². The van der Waals surface area contributed by atoms with Gasteiger partial charge in [-0.25, -0.2) is 0 Å². The molecule has 0 aliphatic heterocycles. The van der Waals surface area contributed by atoms with Crippen molar-refractivity contribution in [2.45, 2.75) is 33.4 Å². The lowest BCUT2D eigenvalue weighted by molar-refractivity contribution is 0.267. The highest BCUT2D eigenvalue weighted by Gasteiger charge is 2.12. The third-order valence-corrected chi connectivity index (χ3v) is 3.46. The van der Waals surface area contributed by atoms with E-state index in [1.165, 1.54) is 0 Å². The summed E-state index contributed by atoms with van der Waals surface area (Å²) in [5.41, 5.74) is 0.909. The Bertz CT molecular complexity index is 514. The van der Waals surface area contributed by atoms with E-state index < -0.39 is 10.2 Å². The molecule has 0 unspecified atom stereocenters. The number of nitrogens with one attached hydrogen (secondary N) is 2. The van der Waals surface area contributed by atoms with Crippen LogP contribution in [-0.2, 0) is 16.8 Å². The van der Waals surface area contributed by atoms with E-state index in [4.69, 9.17) is 4.74 Å². The van der Waals surface area contributed by atoms with E-state index in [1.807, 2.05) is 6.92 Å². The van der Waals surface area contributed by atoms with E-state index in [1.54, 1.807) is 32.0 Å². The Morgan fingerprint density at radius 1 is 1.37 bits per heavy atom. The lowest BCUT2D eigenvalue weighted by Crippen LogP contribution is -2.35. The van der Waals surface area contributed by atoms with Gasteiger partial charge in [0.1, 0.15) is 5.75 Å². The summed E-state index contributed by atoms with van der Waals surface area (Å²) in [6.45, 7) is 5.56. The van der Waals surface area contributed by atoms with Gasteiger partial charge in [0.15, 0.2) is 0 Å². The smallest absolute Gasteiger partial charge is 0.299 e. The highest BCUT2D eigenvalue weighted by molar-refractivity contribution is 7.90. The molecule has 0 amide bonds. The number of anilines is 1. The molecular weight excluding hydrogens is 268 g/mol. The third kappa shape index (κ3) is 5.06. The van der Waals surface area contributed by atoms with Crippen molar-refractivity contribution in [2.75, 3.05) is 11.3 Å². The number of aliphatic hydroxyl groups excluding tert-OH is 1. The first kappa shape index (κ1) is 15.7. The SMILES string of the molecule is CCOc1ccc(NS(=O)(=O)NC(C)C)cc1CO. The number of benzene rings is 1. The van der Waals surface area contributed by atoms with Crippen LogP contribution >= 0.6 is 0 Å². The maximum atomic E-state index is 11.7. The van der Waals surface area contributed by atoms with Gasteiger partial charge in [-0.2, -0.15) is 13.1 Å². The fourth-order valence-corrected chi connectivity index (χ4v) is 2.67. The molecule has 0 atom stereocenters. The van der Waals surface area contributed by atoms with E-state index in [2.05, 4.69) is 9.44 Å². The molecule has 1 aromatic carbocycles. The van der Waals surface area contributed by atoms with E-state index in [0.29, 0.717) is 23.6 Å². The lowest BCUT2D eigenvalue weighted by atomic mass is 10.2. The van der Waals surface area contributed by atoms with Crippen LogP contribution in [0, 0.1) is 0 Å². The quantitative estimate of drug-likeness (QED) is 0.704. The average molecular weight is 288 g/mol. The van der Waals surface area contributed by atoms with Crippen molar-refractivity contribution in [1.82, 2.24) is 4.72 Å². The molecule has 1 aromatic rings. The molecule has 0 radical (unpaired) electrons. The van der Waals surface area contributed by atoms with Crippen molar-refractivity contribution in [3.05, 3.63) is 23.8 Å². The highest BCUT2D eigenvalue weighted by atomic mass is 32.2. The van der Waals surface area contributed by atoms with Gasteiger partial charge in [0, 0.05) is 11.6 Å². The molecule has 1 rings (SSSR count). The highest BCUT2D eigenvalue weighted by Crippen LogP contribution is 2.23. The van der Waals surface area contributed by atoms with Gasteiger partial charge in [-0.3, -0.25) is 4.72 Å². The molecule has 108 valence electrons. The summed E-state index contributed by atoms with van der Waals surface area (Å²) in [5.74, 6) is 0.546. The van der Waals surface area contributed by atoms with Crippen LogP contribution in [-0.4, -0.2) is 26.2 Å². The van der Waals surface area contributed by atoms with Crippen molar-refractivity contribution in [3.8, 4) is 5.75 Å². The summed E-state index contributed by atoms with van der Waals surface area (Å²) < 4.78 is 33.5. The zero-order valence-electron chi connectivity index (χ0n) is 11.3. The minimum Gasteiger partial charge on any atom is -0.494 e. The first-order chi connectivity index (χ1) is 8.88. The minimum atomic E-state index is -3.61. The second-order valence-electron chi connectivity index (χ2n) is 4.29. The molecule has 6 nitrogen and oxygen atoms in total. The zero-order valence-corrected chi connectivity index (χ0v) is 12.1. The fraction of sp³-hybridized carbons (Fsp3) is 0.500. The van der Waals surface area contributed by atoms with Gasteiger partial charge in [0.25, 0.3) is 10.2 Å². The summed E-state index contributed by atoms with van der Waals surface area (Å²) in [6, 6.07) is 4.56. The molecule has 0 saturated carbocycles. The predicted octanol–water partition coefficient (Wildman–Crippen LogP) is 1.23. The Morgan fingerprint density at radius 3 is 2.58 bits per heavy atom. The van der Waals surface area contributed by atoms with Crippen LogP contribution in [0.1, 0.15) is 26.3 Å². The minimum absolute atomic E-state index is 0.197. The van der Waals surface area contributed by atoms with Crippen LogP contribution in [0.25, 0.3) is 0 Å². The zero-order chi connectivity index (χ0) is 14.5. The van der Waals surface area contributed by atoms with Crippen molar-refractivity contribution in [1.29, 1.82) is 0 Å². The topological polar surface area (TPSA) is 87.7 Å². The van der Waals surface area contributed by atoms with Crippen LogP contribution in [0.5, 0.6) is 5.75 Å². The Balaban J connectivity index is 2.91. The molecule has 0 aliphatic carbocycles. The van der Waals surface area contributed by atoms with Gasteiger partial charge >= 0.3 is 0 Å². The molecule has 0 aliphatic rings. The molecule has 7 heteroatoms. The second kappa shape index (κ2) is 6.74. The largest absolute Gasteiger partial charge is 0.494 e. The number of rotatable bonds is 7. The maximum absolute atomic E-state index is 11.7. The number of hydrogen-bond acceptors (Lipinski definition) is 4. The number of ether oxygens (including phenoxy) is 1. The van der Waals surface area contributed by atoms with Gasteiger partial charge in [-0.15, -0.1) is 0 Å². The van der Waals surface area contributed by atoms with Crippen molar-refractivity contribution in [3.63, 3.8) is 0 Å². The molecule has 0 heterocycles. The molecule has 0 aromatic heterocycles. The summed E-state index contributed by atoms with van der Waals surface area (Å²) in [6.07, 6.45) is 0. The summed E-state index contributed by atoms with van der Waals surface area (Å²) in [7, 11) is -3.61. The van der Waals surface area contributed by atoms with Crippen molar-refractivity contribution in [2.24, 2.45) is 0 Å². The average Bonchev–Trinajstić information content (AvgIpc) is 2.29. The molecule has 0 saturated heterocycles. The van der Waals surface area contributed by atoms with Crippen LogP contribution in [0.2, 0.25) is 0 Å². The number of aliphatic hydroxyl groups is 1. The fourth-order valence-electron chi connectivity index (χ4n) is 1.56. The van der Waals surface area contributed by atoms with E-state index in [-0.39, 0.29) is 12.6 Å². The third-order valence-electron chi connectivity index (χ3n) is 2.17. The van der Waals surface area contributed by atoms with Gasteiger partial charge in [-0.05, 0) is 39.0 Å². The van der Waals surface area contributed by atoms with E-state index >= 15 is 0 Å². The Kier molecular flexibility index (Phi) is 5.59. The lowest BCUT2D eigenvalue weighted by Gasteiger charge is -2.14. The monoisotopic (exact) mass is 288 g/mol. The Morgan fingerprint density at radius 2 is 2.05 bits per heavy atom. The van der Waals surface area contributed by atoms with Gasteiger partial charge in [0.2, 0.25) is 0 Å². The van der Waals surface area contributed by atoms with Crippen LogP contribution in [0.15, 0.2) is 18.2 Å². The van der Waals surface area contributed by atoms with Crippen LogP contribution in [0.3, 0.4) is 0 Å². The second-order valence-corrected chi connectivity index (χ2v) is 5.74. The standard InChI is InChI=1S/C12H20N2O4S/c1-4-18-12-6-5-11(7-10(12)8-15)14-19(16,17)13-9(2)3/h5-7,9,13-15H,4,8H2,1-3H3. The molecule has 3 N–H and O–H groups in total. The van der Waals surface area contributed by atoms with Crippen molar-refractivity contribution < 1.29 is 18.3 Å². The Labute approximate surface area is 114 Å². The van der Waals surface area contributed by atoms with E-state index in [0.717, 1.165) is 0 Å². The van der Waals surface area contributed by atoms with Crippen LogP contribution < -0.4 is 14.2 Å². The maximum Gasteiger partial charge on any atom is 0.299 e. The molecule has 0 spiro atoms. The first-order valence-corrected chi connectivity index (χ1v) is 7.53. The van der Waals surface area contributed by atoms with Gasteiger partial charge in [-0.1, -0.05) is 0 Å². The number of hydrogen-bond donors (Lipinski definition) is 3. The normalized spacial score (nSPS) is 11.6. The predicted molar refractivity (Wildman–Crippen MR) is 74.3 cm³/mol. The molecule has 19 heavy (non-hydrogen) atoms. The first-order valence-electron chi connectivity index (χ1n) is 6.04. The van der Waals surface area contributed by atoms with Gasteiger partial charge in [0.05, 0.1) is 18.9 Å². The molecular formula is C12H20N2O4S. The molecule has 0 fully saturated rings. The van der Waals surface area contributed by atoms with Gasteiger partial charge < -0.3 is 9.84 Å². The van der Waals surface area contributed by atoms with E-state index in [9.17, 15) is 13.5 Å². The van der Waals surface area contributed by atoms with Crippen LogP contribution in [0.4, 0.5) is 5.69 Å². The summed E-state index contributed by atoms with van der Waals surface area (Å²) >= 11 is 0. The summed E-state index contributed by atoms with van der Waals surface area (Å²) in [5, 5.41) is 9.24. The Hall–Kier alpha value is -1.31.